The summed E-state index contributed by atoms with van der Waals surface area (Å²) in [6.45, 7) is 2.06. The van der Waals surface area contributed by atoms with Crippen LogP contribution in [-0.2, 0) is 23.6 Å². The maximum Gasteiger partial charge on any atom is 0.246 e. The molecule has 0 bridgehead atoms. The van der Waals surface area contributed by atoms with E-state index in [1.807, 2.05) is 61.1 Å². The van der Waals surface area contributed by atoms with Crippen LogP contribution in [0.15, 0.2) is 71.9 Å². The summed E-state index contributed by atoms with van der Waals surface area (Å²) in [6, 6.07) is 15.3. The zero-order chi connectivity index (χ0) is 23.0. The third kappa shape index (κ3) is 3.76. The molecule has 166 valence electrons. The fourth-order valence-corrected chi connectivity index (χ4v) is 4.84. The molecule has 9 heteroatoms. The SMILES string of the molecule is Cc1ccccc1-n1nccc1-c1cc(S(=O)(=O)N(C)Cc2cccn2C)c(O)cc1O. The first-order chi connectivity index (χ1) is 15.2. The van der Waals surface area contributed by atoms with E-state index in [0.717, 1.165) is 27.3 Å². The number of sulfonamides is 1. The topological polar surface area (TPSA) is 101 Å². The number of hydrogen-bond acceptors (Lipinski definition) is 5. The quantitative estimate of drug-likeness (QED) is 0.467. The molecule has 2 heterocycles. The molecule has 0 saturated carbocycles. The van der Waals surface area contributed by atoms with Gasteiger partial charge < -0.3 is 14.8 Å². The second-order valence-corrected chi connectivity index (χ2v) is 9.64. The molecular formula is C23H24N4O4S. The highest BCUT2D eigenvalue weighted by Gasteiger charge is 2.27. The number of phenolic OH excluding ortho intramolecular Hbond substituents is 2. The van der Waals surface area contributed by atoms with Crippen molar-refractivity contribution in [3.63, 3.8) is 0 Å². The second kappa shape index (κ2) is 8.18. The first-order valence-electron chi connectivity index (χ1n) is 9.93. The van der Waals surface area contributed by atoms with Crippen LogP contribution in [0, 0.1) is 6.92 Å². The van der Waals surface area contributed by atoms with Crippen LogP contribution in [0.25, 0.3) is 16.9 Å². The Morgan fingerprint density at radius 1 is 1.03 bits per heavy atom. The molecule has 2 aromatic carbocycles. The average molecular weight is 453 g/mol. The van der Waals surface area contributed by atoms with E-state index in [1.54, 1.807) is 16.9 Å². The van der Waals surface area contributed by atoms with Crippen LogP contribution in [0.4, 0.5) is 0 Å². The first-order valence-corrected chi connectivity index (χ1v) is 11.4. The van der Waals surface area contributed by atoms with E-state index < -0.39 is 15.8 Å². The number of phenols is 2. The van der Waals surface area contributed by atoms with E-state index >= 15 is 0 Å². The number of hydrogen-bond donors (Lipinski definition) is 2. The number of nitrogens with zero attached hydrogens (tertiary/aromatic N) is 4. The van der Waals surface area contributed by atoms with E-state index in [1.165, 1.54) is 13.1 Å². The van der Waals surface area contributed by atoms with E-state index in [4.69, 9.17) is 0 Å². The fourth-order valence-electron chi connectivity index (χ4n) is 3.61. The van der Waals surface area contributed by atoms with Crippen LogP contribution in [-0.4, -0.2) is 44.3 Å². The van der Waals surface area contributed by atoms with Gasteiger partial charge in [0.05, 0.1) is 24.1 Å². The van der Waals surface area contributed by atoms with Crippen molar-refractivity contribution >= 4 is 10.0 Å². The summed E-state index contributed by atoms with van der Waals surface area (Å²) in [5.41, 5.74) is 3.30. The predicted octanol–water partition coefficient (Wildman–Crippen LogP) is 3.42. The average Bonchev–Trinajstić information content (AvgIpc) is 3.37. The molecule has 0 spiro atoms. The minimum atomic E-state index is -4.05. The minimum absolute atomic E-state index is 0.128. The van der Waals surface area contributed by atoms with Gasteiger partial charge in [0.2, 0.25) is 10.0 Å². The first kappa shape index (κ1) is 21.7. The Morgan fingerprint density at radius 3 is 2.47 bits per heavy atom. The summed E-state index contributed by atoms with van der Waals surface area (Å²) in [5, 5.41) is 25.3. The Labute approximate surface area is 186 Å². The third-order valence-corrected chi connectivity index (χ3v) is 7.30. The lowest BCUT2D eigenvalue weighted by atomic mass is 10.1. The van der Waals surface area contributed by atoms with Gasteiger partial charge in [-0.25, -0.2) is 13.1 Å². The van der Waals surface area contributed by atoms with Crippen molar-refractivity contribution in [2.24, 2.45) is 7.05 Å². The number of rotatable bonds is 6. The summed E-state index contributed by atoms with van der Waals surface area (Å²) in [5.74, 6) is -0.770. The Morgan fingerprint density at radius 2 is 1.78 bits per heavy atom. The maximum absolute atomic E-state index is 13.3. The van der Waals surface area contributed by atoms with Crippen molar-refractivity contribution < 1.29 is 18.6 Å². The number of para-hydroxylation sites is 1. The van der Waals surface area contributed by atoms with E-state index in [9.17, 15) is 18.6 Å². The molecule has 0 radical (unpaired) electrons. The second-order valence-electron chi connectivity index (χ2n) is 7.62. The van der Waals surface area contributed by atoms with Crippen molar-refractivity contribution in [2.45, 2.75) is 18.4 Å². The standard InChI is InChI=1S/C23H24N4O4S/c1-16-7-4-5-9-19(16)27-20(10-11-24-27)18-13-23(22(29)14-21(18)28)32(30,31)26(3)15-17-8-6-12-25(17)2/h4-14,28-29H,15H2,1-3H3. The van der Waals surface area contributed by atoms with Gasteiger partial charge in [0.15, 0.2) is 0 Å². The maximum atomic E-state index is 13.3. The summed E-state index contributed by atoms with van der Waals surface area (Å²) >= 11 is 0. The fraction of sp³-hybridized carbons (Fsp3) is 0.174. The molecule has 4 rings (SSSR count). The molecule has 0 aliphatic heterocycles. The van der Waals surface area contributed by atoms with Crippen LogP contribution in [0.1, 0.15) is 11.3 Å². The Balaban J connectivity index is 1.80. The van der Waals surface area contributed by atoms with Crippen molar-refractivity contribution in [1.82, 2.24) is 18.7 Å². The van der Waals surface area contributed by atoms with Gasteiger partial charge in [0.1, 0.15) is 16.4 Å². The third-order valence-electron chi connectivity index (χ3n) is 5.46. The van der Waals surface area contributed by atoms with E-state index in [0.29, 0.717) is 5.69 Å². The number of benzene rings is 2. The van der Waals surface area contributed by atoms with Crippen LogP contribution < -0.4 is 0 Å². The molecule has 0 atom stereocenters. The molecular weight excluding hydrogens is 428 g/mol. The van der Waals surface area contributed by atoms with Crippen LogP contribution in [0.2, 0.25) is 0 Å². The van der Waals surface area contributed by atoms with Crippen LogP contribution in [0.5, 0.6) is 11.5 Å². The van der Waals surface area contributed by atoms with Crippen molar-refractivity contribution in [2.75, 3.05) is 7.05 Å². The molecule has 0 saturated heterocycles. The monoisotopic (exact) mass is 452 g/mol. The summed E-state index contributed by atoms with van der Waals surface area (Å²) < 4.78 is 31.2. The van der Waals surface area contributed by atoms with Crippen molar-refractivity contribution in [3.05, 3.63) is 78.2 Å². The van der Waals surface area contributed by atoms with Crippen LogP contribution in [0.3, 0.4) is 0 Å². The van der Waals surface area contributed by atoms with Gasteiger partial charge in [-0.1, -0.05) is 18.2 Å². The van der Waals surface area contributed by atoms with Crippen molar-refractivity contribution in [3.8, 4) is 28.4 Å². The lowest BCUT2D eigenvalue weighted by Crippen LogP contribution is -2.27. The smallest absolute Gasteiger partial charge is 0.246 e. The summed E-state index contributed by atoms with van der Waals surface area (Å²) in [4.78, 5) is -0.292. The Kier molecular flexibility index (Phi) is 5.53. The molecule has 2 aromatic heterocycles. The molecule has 2 N–H and O–H groups in total. The number of aryl methyl sites for hydroxylation is 2. The zero-order valence-corrected chi connectivity index (χ0v) is 18.8. The molecule has 0 aliphatic rings. The highest BCUT2D eigenvalue weighted by atomic mass is 32.2. The molecule has 0 fully saturated rings. The van der Waals surface area contributed by atoms with Gasteiger partial charge in [0, 0.05) is 37.6 Å². The van der Waals surface area contributed by atoms with Gasteiger partial charge >= 0.3 is 0 Å². The normalized spacial score (nSPS) is 11.9. The zero-order valence-electron chi connectivity index (χ0n) is 18.0. The largest absolute Gasteiger partial charge is 0.507 e. The van der Waals surface area contributed by atoms with Crippen molar-refractivity contribution in [1.29, 1.82) is 0 Å². The molecule has 0 amide bonds. The highest BCUT2D eigenvalue weighted by molar-refractivity contribution is 7.89. The van der Waals surface area contributed by atoms with E-state index in [2.05, 4.69) is 5.10 Å². The molecule has 0 unspecified atom stereocenters. The lowest BCUT2D eigenvalue weighted by molar-refractivity contribution is 0.427. The molecule has 0 aliphatic carbocycles. The highest BCUT2D eigenvalue weighted by Crippen LogP contribution is 2.38. The minimum Gasteiger partial charge on any atom is -0.507 e. The van der Waals surface area contributed by atoms with E-state index in [-0.39, 0.29) is 22.8 Å². The predicted molar refractivity (Wildman–Crippen MR) is 121 cm³/mol. The Bertz CT molecular complexity index is 1390. The number of aromatic hydroxyl groups is 2. The van der Waals surface area contributed by atoms with Gasteiger partial charge in [-0.2, -0.15) is 9.40 Å². The molecule has 8 nitrogen and oxygen atoms in total. The van der Waals surface area contributed by atoms with Gasteiger partial charge in [-0.05, 0) is 42.8 Å². The molecule has 32 heavy (non-hydrogen) atoms. The van der Waals surface area contributed by atoms with Crippen LogP contribution >= 0.6 is 0 Å². The number of aromatic nitrogens is 3. The van der Waals surface area contributed by atoms with Gasteiger partial charge in [-0.15, -0.1) is 0 Å². The Hall–Kier alpha value is -3.56. The van der Waals surface area contributed by atoms with Gasteiger partial charge in [-0.3, -0.25) is 0 Å². The summed E-state index contributed by atoms with van der Waals surface area (Å²) in [7, 11) is -0.767. The lowest BCUT2D eigenvalue weighted by Gasteiger charge is -2.19. The molecule has 4 aromatic rings. The summed E-state index contributed by atoms with van der Waals surface area (Å²) in [6.07, 6.45) is 3.41. The van der Waals surface area contributed by atoms with Gasteiger partial charge in [0.25, 0.3) is 0 Å².